The first kappa shape index (κ1) is 16.8. The van der Waals surface area contributed by atoms with Crippen molar-refractivity contribution in [3.05, 3.63) is 29.8 Å². The Balaban J connectivity index is 1.84. The molecule has 5 heteroatoms. The number of nitrogens with one attached hydrogen (secondary N) is 1. The maximum absolute atomic E-state index is 12.1. The van der Waals surface area contributed by atoms with E-state index in [1.165, 1.54) is 0 Å². The minimum Gasteiger partial charge on any atom is -0.496 e. The molecular formula is C17H26N2O3. The van der Waals surface area contributed by atoms with Crippen molar-refractivity contribution in [1.29, 1.82) is 0 Å². The van der Waals surface area contributed by atoms with Crippen LogP contribution in [-0.4, -0.2) is 50.8 Å². The Labute approximate surface area is 132 Å². The molecule has 0 aromatic heterocycles. The molecule has 0 bridgehead atoms. The molecule has 22 heavy (non-hydrogen) atoms. The fourth-order valence-electron chi connectivity index (χ4n) is 2.70. The summed E-state index contributed by atoms with van der Waals surface area (Å²) in [6.45, 7) is 3.85. The number of amides is 1. The van der Waals surface area contributed by atoms with Crippen molar-refractivity contribution in [2.24, 2.45) is 0 Å². The van der Waals surface area contributed by atoms with Gasteiger partial charge >= 0.3 is 0 Å². The van der Waals surface area contributed by atoms with E-state index in [1.54, 1.807) is 7.11 Å². The quantitative estimate of drug-likeness (QED) is 0.837. The molecule has 1 aliphatic heterocycles. The van der Waals surface area contributed by atoms with Crippen molar-refractivity contribution in [3.63, 3.8) is 0 Å². The molecule has 1 N–H and O–H groups in total. The Morgan fingerprint density at radius 2 is 2.27 bits per heavy atom. The van der Waals surface area contributed by atoms with Crippen LogP contribution in [0.4, 0.5) is 0 Å². The van der Waals surface area contributed by atoms with Gasteiger partial charge in [-0.1, -0.05) is 18.2 Å². The minimum atomic E-state index is 0.0275. The molecule has 0 saturated carbocycles. The minimum absolute atomic E-state index is 0.0275. The monoisotopic (exact) mass is 306 g/mol. The molecule has 0 radical (unpaired) electrons. The summed E-state index contributed by atoms with van der Waals surface area (Å²) < 4.78 is 10.9. The second-order valence-corrected chi connectivity index (χ2v) is 5.77. The van der Waals surface area contributed by atoms with Gasteiger partial charge in [-0.25, -0.2) is 0 Å². The number of hydrogen-bond acceptors (Lipinski definition) is 4. The van der Waals surface area contributed by atoms with E-state index in [0.717, 1.165) is 30.8 Å². The van der Waals surface area contributed by atoms with E-state index < -0.39 is 0 Å². The van der Waals surface area contributed by atoms with Crippen molar-refractivity contribution in [1.82, 2.24) is 10.2 Å². The summed E-state index contributed by atoms with van der Waals surface area (Å²) in [4.78, 5) is 14.1. The zero-order valence-electron chi connectivity index (χ0n) is 13.7. The maximum atomic E-state index is 12.1. The molecule has 1 fully saturated rings. The standard InChI is InChI=1S/C17H26N2O3/c1-13(15-8-4-5-9-16(15)21-3)19(2)12-17(20)18-11-14-7-6-10-22-14/h4-5,8-9,13-14H,6-7,10-12H2,1-3H3,(H,18,20)/t13-,14+/m1/s1. The van der Waals surface area contributed by atoms with Gasteiger partial charge in [0.1, 0.15) is 5.75 Å². The molecule has 1 aliphatic rings. The van der Waals surface area contributed by atoms with Gasteiger partial charge in [0.2, 0.25) is 5.91 Å². The number of para-hydroxylation sites is 1. The molecule has 1 aromatic carbocycles. The molecule has 5 nitrogen and oxygen atoms in total. The van der Waals surface area contributed by atoms with Gasteiger partial charge < -0.3 is 14.8 Å². The number of carbonyl (C=O) groups is 1. The molecule has 1 aromatic rings. The van der Waals surface area contributed by atoms with Gasteiger partial charge in [0.05, 0.1) is 19.8 Å². The Bertz CT molecular complexity index is 487. The lowest BCUT2D eigenvalue weighted by Gasteiger charge is -2.26. The van der Waals surface area contributed by atoms with Crippen molar-refractivity contribution in [2.75, 3.05) is 33.9 Å². The number of methoxy groups -OCH3 is 1. The lowest BCUT2D eigenvalue weighted by molar-refractivity contribution is -0.122. The van der Waals surface area contributed by atoms with Crippen LogP contribution < -0.4 is 10.1 Å². The van der Waals surface area contributed by atoms with Gasteiger partial charge in [0.25, 0.3) is 0 Å². The number of ether oxygens (including phenoxy) is 2. The van der Waals surface area contributed by atoms with Crippen LogP contribution in [-0.2, 0) is 9.53 Å². The van der Waals surface area contributed by atoms with Crippen LogP contribution in [0.25, 0.3) is 0 Å². The maximum Gasteiger partial charge on any atom is 0.234 e. The van der Waals surface area contributed by atoms with Gasteiger partial charge in [0, 0.05) is 24.8 Å². The first-order chi connectivity index (χ1) is 10.6. The highest BCUT2D eigenvalue weighted by atomic mass is 16.5. The number of carbonyl (C=O) groups excluding carboxylic acids is 1. The first-order valence-corrected chi connectivity index (χ1v) is 7.83. The largest absolute Gasteiger partial charge is 0.496 e. The number of nitrogens with zero attached hydrogens (tertiary/aromatic N) is 1. The molecule has 2 rings (SSSR count). The average molecular weight is 306 g/mol. The lowest BCUT2D eigenvalue weighted by Crippen LogP contribution is -2.39. The summed E-state index contributed by atoms with van der Waals surface area (Å²) in [6.07, 6.45) is 2.31. The third-order valence-electron chi connectivity index (χ3n) is 4.19. The highest BCUT2D eigenvalue weighted by Crippen LogP contribution is 2.27. The third kappa shape index (κ3) is 4.45. The molecule has 122 valence electrons. The number of hydrogen-bond donors (Lipinski definition) is 1. The van der Waals surface area contributed by atoms with E-state index in [2.05, 4.69) is 12.2 Å². The van der Waals surface area contributed by atoms with Crippen LogP contribution in [0.5, 0.6) is 5.75 Å². The van der Waals surface area contributed by atoms with Crippen LogP contribution in [0.1, 0.15) is 31.4 Å². The van der Waals surface area contributed by atoms with Crippen LogP contribution in [0.15, 0.2) is 24.3 Å². The predicted molar refractivity (Wildman–Crippen MR) is 86.0 cm³/mol. The average Bonchev–Trinajstić information content (AvgIpc) is 3.05. The van der Waals surface area contributed by atoms with E-state index in [4.69, 9.17) is 9.47 Å². The number of benzene rings is 1. The normalized spacial score (nSPS) is 19.2. The van der Waals surface area contributed by atoms with Crippen molar-refractivity contribution in [2.45, 2.75) is 31.9 Å². The number of rotatable bonds is 7. The van der Waals surface area contributed by atoms with Gasteiger partial charge in [-0.3, -0.25) is 9.69 Å². The second-order valence-electron chi connectivity index (χ2n) is 5.77. The van der Waals surface area contributed by atoms with E-state index in [-0.39, 0.29) is 18.1 Å². The molecule has 1 saturated heterocycles. The smallest absolute Gasteiger partial charge is 0.234 e. The fourth-order valence-corrected chi connectivity index (χ4v) is 2.70. The molecular weight excluding hydrogens is 280 g/mol. The van der Waals surface area contributed by atoms with Crippen molar-refractivity contribution in [3.8, 4) is 5.75 Å². The van der Waals surface area contributed by atoms with Gasteiger partial charge in [-0.2, -0.15) is 0 Å². The summed E-state index contributed by atoms with van der Waals surface area (Å²) in [5.41, 5.74) is 1.08. The fraction of sp³-hybridized carbons (Fsp3) is 0.588. The summed E-state index contributed by atoms with van der Waals surface area (Å²) in [5.74, 6) is 0.876. The second kappa shape index (κ2) is 8.15. The van der Waals surface area contributed by atoms with Crippen LogP contribution in [0.3, 0.4) is 0 Å². The SMILES string of the molecule is COc1ccccc1[C@@H](C)N(C)CC(=O)NC[C@@H]1CCCO1. The molecule has 0 unspecified atom stereocenters. The topological polar surface area (TPSA) is 50.8 Å². The van der Waals surface area contributed by atoms with E-state index in [0.29, 0.717) is 13.1 Å². The third-order valence-corrected chi connectivity index (χ3v) is 4.19. The highest BCUT2D eigenvalue weighted by Gasteiger charge is 2.20. The molecule has 1 amide bonds. The lowest BCUT2D eigenvalue weighted by atomic mass is 10.1. The Morgan fingerprint density at radius 1 is 1.50 bits per heavy atom. The summed E-state index contributed by atoms with van der Waals surface area (Å²) in [7, 11) is 3.61. The zero-order chi connectivity index (χ0) is 15.9. The van der Waals surface area contributed by atoms with Crippen molar-refractivity contribution < 1.29 is 14.3 Å². The Kier molecular flexibility index (Phi) is 6.21. The molecule has 0 aliphatic carbocycles. The van der Waals surface area contributed by atoms with E-state index in [9.17, 15) is 4.79 Å². The van der Waals surface area contributed by atoms with Gasteiger partial charge in [0.15, 0.2) is 0 Å². The summed E-state index contributed by atoms with van der Waals surface area (Å²) in [6, 6.07) is 8.01. The van der Waals surface area contributed by atoms with Crippen molar-refractivity contribution >= 4 is 5.91 Å². The molecule has 1 heterocycles. The van der Waals surface area contributed by atoms with E-state index in [1.807, 2.05) is 36.2 Å². The first-order valence-electron chi connectivity index (χ1n) is 7.83. The predicted octanol–water partition coefficient (Wildman–Crippen LogP) is 1.98. The Morgan fingerprint density at radius 3 is 2.95 bits per heavy atom. The molecule has 2 atom stereocenters. The van der Waals surface area contributed by atoms with Gasteiger partial charge in [-0.05, 0) is 32.9 Å². The molecule has 0 spiro atoms. The summed E-state index contributed by atoms with van der Waals surface area (Å²) in [5, 5.41) is 2.95. The van der Waals surface area contributed by atoms with Gasteiger partial charge in [-0.15, -0.1) is 0 Å². The zero-order valence-corrected chi connectivity index (χ0v) is 13.7. The van der Waals surface area contributed by atoms with Crippen LogP contribution >= 0.6 is 0 Å². The highest BCUT2D eigenvalue weighted by molar-refractivity contribution is 5.78. The summed E-state index contributed by atoms with van der Waals surface area (Å²) >= 11 is 0. The van der Waals surface area contributed by atoms with Crippen LogP contribution in [0.2, 0.25) is 0 Å². The number of likely N-dealkylation sites (N-methyl/N-ethyl adjacent to an activating group) is 1. The van der Waals surface area contributed by atoms with Crippen LogP contribution in [0, 0.1) is 0 Å². The Hall–Kier alpha value is -1.59. The van der Waals surface area contributed by atoms with E-state index >= 15 is 0 Å².